The molecule has 2 bridgehead atoms. The summed E-state index contributed by atoms with van der Waals surface area (Å²) in [7, 11) is 0. The second kappa shape index (κ2) is 2.38. The van der Waals surface area contributed by atoms with Crippen LogP contribution in [0.3, 0.4) is 0 Å². The van der Waals surface area contributed by atoms with Gasteiger partial charge in [-0.3, -0.25) is 0 Å². The van der Waals surface area contributed by atoms with Crippen molar-refractivity contribution in [2.75, 3.05) is 6.54 Å². The quantitative estimate of drug-likeness (QED) is 0.635. The zero-order valence-electron chi connectivity index (χ0n) is 5.81. The molecule has 9 heavy (non-hydrogen) atoms. The molecule has 2 rings (SSSR count). The molecule has 0 radical (unpaired) electrons. The first-order valence-electron chi connectivity index (χ1n) is 3.54. The minimum atomic E-state index is 0. The van der Waals surface area contributed by atoms with Crippen molar-refractivity contribution >= 4 is 24.0 Å². The normalized spacial score (nSPS) is 47.0. The molecule has 0 aromatic carbocycles. The summed E-state index contributed by atoms with van der Waals surface area (Å²) >= 11 is 0. The van der Waals surface area contributed by atoms with Gasteiger partial charge in [0.25, 0.3) is 0 Å². The van der Waals surface area contributed by atoms with Gasteiger partial charge in [0, 0.05) is 5.54 Å². The van der Waals surface area contributed by atoms with Crippen LogP contribution in [0.2, 0.25) is 0 Å². The van der Waals surface area contributed by atoms with Crippen LogP contribution in [-0.4, -0.2) is 12.1 Å². The lowest BCUT2D eigenvalue weighted by atomic mass is 10.0. The van der Waals surface area contributed by atoms with Crippen LogP contribution in [-0.2, 0) is 0 Å². The maximum atomic E-state index is 3.53. The third-order valence-electron chi connectivity index (χ3n) is 2.66. The van der Waals surface area contributed by atoms with E-state index in [-0.39, 0.29) is 24.0 Å². The Hall–Kier alpha value is 0.690. The summed E-state index contributed by atoms with van der Waals surface area (Å²) in [6.07, 6.45) is 4.33. The van der Waals surface area contributed by atoms with Crippen molar-refractivity contribution in [1.29, 1.82) is 0 Å². The Kier molecular flexibility index (Phi) is 2.06. The van der Waals surface area contributed by atoms with Gasteiger partial charge >= 0.3 is 0 Å². The molecule has 2 atom stereocenters. The maximum absolute atomic E-state index is 3.53. The predicted molar refractivity (Wildman–Crippen MR) is 49.2 cm³/mol. The van der Waals surface area contributed by atoms with Gasteiger partial charge in [0.2, 0.25) is 0 Å². The number of piperidine rings is 1. The minimum Gasteiger partial charge on any atom is -0.311 e. The van der Waals surface area contributed by atoms with Gasteiger partial charge in [0.05, 0.1) is 0 Å². The average molecular weight is 239 g/mol. The van der Waals surface area contributed by atoms with Crippen molar-refractivity contribution in [2.45, 2.75) is 31.7 Å². The fraction of sp³-hybridized carbons (Fsp3) is 1.00. The molecule has 0 aromatic rings. The molecule has 2 fully saturated rings. The standard InChI is InChI=1S/C7H13N.HI/c1-7-3-2-6(4-7)5-8-7;/h6,8H,2-5H2,1H3;1H. The minimum absolute atomic E-state index is 0. The SMILES string of the molecule is CC12CCC(CN1)C2.I. The molecule has 1 saturated heterocycles. The first-order valence-corrected chi connectivity index (χ1v) is 3.54. The van der Waals surface area contributed by atoms with Crippen LogP contribution in [0.4, 0.5) is 0 Å². The summed E-state index contributed by atoms with van der Waals surface area (Å²) in [5.41, 5.74) is 0.560. The smallest absolute Gasteiger partial charge is 0.0156 e. The highest BCUT2D eigenvalue weighted by Crippen LogP contribution is 2.38. The number of rotatable bonds is 0. The van der Waals surface area contributed by atoms with Crippen molar-refractivity contribution in [2.24, 2.45) is 5.92 Å². The van der Waals surface area contributed by atoms with Gasteiger partial charge in [0.1, 0.15) is 0 Å². The molecular formula is C7H14IN. The van der Waals surface area contributed by atoms with Gasteiger partial charge in [-0.2, -0.15) is 0 Å². The number of nitrogens with one attached hydrogen (secondary N) is 1. The van der Waals surface area contributed by atoms with Crippen LogP contribution in [0, 0.1) is 5.92 Å². The predicted octanol–water partition coefficient (Wildman–Crippen LogP) is 1.77. The van der Waals surface area contributed by atoms with Crippen LogP contribution in [0.5, 0.6) is 0 Å². The van der Waals surface area contributed by atoms with E-state index in [4.69, 9.17) is 0 Å². The highest BCUT2D eigenvalue weighted by molar-refractivity contribution is 14.0. The Morgan fingerprint density at radius 2 is 2.33 bits per heavy atom. The molecule has 2 heteroatoms. The highest BCUT2D eigenvalue weighted by Gasteiger charge is 2.40. The van der Waals surface area contributed by atoms with Crippen LogP contribution >= 0.6 is 24.0 Å². The molecule has 0 aromatic heterocycles. The second-order valence-electron chi connectivity index (χ2n) is 3.55. The fourth-order valence-corrected chi connectivity index (χ4v) is 2.09. The molecular weight excluding hydrogens is 225 g/mol. The molecule has 1 nitrogen and oxygen atoms in total. The molecule has 1 aliphatic heterocycles. The Balaban J connectivity index is 0.000000405. The molecule has 1 aliphatic carbocycles. The van der Waals surface area contributed by atoms with Gasteiger partial charge in [0.15, 0.2) is 0 Å². The van der Waals surface area contributed by atoms with Crippen molar-refractivity contribution in [3.63, 3.8) is 0 Å². The Bertz CT molecular complexity index is 105. The average Bonchev–Trinajstić information content (AvgIpc) is 2.21. The molecule has 1 N–H and O–H groups in total. The van der Waals surface area contributed by atoms with Crippen LogP contribution in [0.15, 0.2) is 0 Å². The Morgan fingerprint density at radius 1 is 1.56 bits per heavy atom. The van der Waals surface area contributed by atoms with Gasteiger partial charge < -0.3 is 5.32 Å². The summed E-state index contributed by atoms with van der Waals surface area (Å²) in [6.45, 7) is 3.64. The van der Waals surface area contributed by atoms with Crippen molar-refractivity contribution in [3.05, 3.63) is 0 Å². The molecule has 54 valence electrons. The number of halogens is 1. The monoisotopic (exact) mass is 239 g/mol. The molecule has 1 saturated carbocycles. The fourth-order valence-electron chi connectivity index (χ4n) is 2.09. The zero-order chi connectivity index (χ0) is 5.61. The third kappa shape index (κ3) is 1.24. The van der Waals surface area contributed by atoms with Crippen LogP contribution < -0.4 is 5.32 Å². The molecule has 1 heterocycles. The lowest BCUT2D eigenvalue weighted by molar-refractivity contribution is 0.394. The topological polar surface area (TPSA) is 12.0 Å². The third-order valence-corrected chi connectivity index (χ3v) is 2.66. The summed E-state index contributed by atoms with van der Waals surface area (Å²) in [5.74, 6) is 1.03. The highest BCUT2D eigenvalue weighted by atomic mass is 127. The molecule has 0 amide bonds. The van der Waals surface area contributed by atoms with Gasteiger partial charge in [-0.05, 0) is 38.6 Å². The van der Waals surface area contributed by atoms with Crippen molar-refractivity contribution in [1.82, 2.24) is 5.32 Å². The van der Waals surface area contributed by atoms with Gasteiger partial charge in [-0.1, -0.05) is 0 Å². The van der Waals surface area contributed by atoms with Crippen molar-refractivity contribution in [3.8, 4) is 0 Å². The van der Waals surface area contributed by atoms with Crippen LogP contribution in [0.1, 0.15) is 26.2 Å². The first-order chi connectivity index (χ1) is 3.79. The molecule has 0 spiro atoms. The van der Waals surface area contributed by atoms with E-state index in [1.54, 1.807) is 0 Å². The van der Waals surface area contributed by atoms with E-state index in [1.165, 1.54) is 25.8 Å². The van der Waals surface area contributed by atoms with E-state index >= 15 is 0 Å². The Labute approximate surface area is 73.6 Å². The molecule has 2 unspecified atom stereocenters. The van der Waals surface area contributed by atoms with Gasteiger partial charge in [-0.15, -0.1) is 24.0 Å². The summed E-state index contributed by atoms with van der Waals surface area (Å²) in [6, 6.07) is 0. The van der Waals surface area contributed by atoms with E-state index in [0.717, 1.165) is 5.92 Å². The zero-order valence-corrected chi connectivity index (χ0v) is 8.14. The maximum Gasteiger partial charge on any atom is 0.0156 e. The van der Waals surface area contributed by atoms with E-state index in [2.05, 4.69) is 12.2 Å². The number of hydrogen-bond acceptors (Lipinski definition) is 1. The largest absolute Gasteiger partial charge is 0.311 e. The Morgan fingerprint density at radius 3 is 2.44 bits per heavy atom. The van der Waals surface area contributed by atoms with E-state index in [1.807, 2.05) is 0 Å². The van der Waals surface area contributed by atoms with E-state index < -0.39 is 0 Å². The van der Waals surface area contributed by atoms with E-state index in [9.17, 15) is 0 Å². The van der Waals surface area contributed by atoms with Crippen LogP contribution in [0.25, 0.3) is 0 Å². The van der Waals surface area contributed by atoms with Crippen molar-refractivity contribution < 1.29 is 0 Å². The number of fused-ring (bicyclic) bond motifs is 2. The lowest BCUT2D eigenvalue weighted by Gasteiger charge is -2.21. The summed E-state index contributed by atoms with van der Waals surface area (Å²) < 4.78 is 0. The second-order valence-corrected chi connectivity index (χ2v) is 3.55. The lowest BCUT2D eigenvalue weighted by Crippen LogP contribution is -2.36. The number of hydrogen-bond donors (Lipinski definition) is 1. The summed E-state index contributed by atoms with van der Waals surface area (Å²) in [4.78, 5) is 0. The van der Waals surface area contributed by atoms with E-state index in [0.29, 0.717) is 5.54 Å². The van der Waals surface area contributed by atoms with Gasteiger partial charge in [-0.25, -0.2) is 0 Å². The first kappa shape index (κ1) is 7.79. The molecule has 2 aliphatic rings. The summed E-state index contributed by atoms with van der Waals surface area (Å²) in [5, 5.41) is 3.53.